The Bertz CT molecular complexity index is 413. The van der Waals surface area contributed by atoms with Gasteiger partial charge in [-0.3, -0.25) is 4.79 Å². The maximum atomic E-state index is 13.2. The van der Waals surface area contributed by atoms with Crippen LogP contribution >= 0.6 is 11.8 Å². The number of benzene rings is 1. The number of nitrogens with two attached hydrogens (primary N) is 1. The summed E-state index contributed by atoms with van der Waals surface area (Å²) in [5, 5.41) is 2.39. The molecule has 100 valence electrons. The normalized spacial score (nSPS) is 12.2. The smallest absolute Gasteiger partial charge is 0.234 e. The molecule has 1 atom stereocenters. The summed E-state index contributed by atoms with van der Waals surface area (Å²) in [5.74, 6) is -0.753. The summed E-state index contributed by atoms with van der Waals surface area (Å²) in [6.45, 7) is 1.90. The molecule has 0 fully saturated rings. The van der Waals surface area contributed by atoms with Crippen LogP contribution in [0, 0.1) is 11.6 Å². The van der Waals surface area contributed by atoms with E-state index in [-0.39, 0.29) is 23.4 Å². The fraction of sp³-hybridized carbons (Fsp3) is 0.417. The second-order valence-electron chi connectivity index (χ2n) is 3.99. The lowest BCUT2D eigenvalue weighted by molar-refractivity contribution is -0.113. The SMILES string of the molecule is CC(N)CCSCC(=O)Nc1ccc(F)cc1F. The summed E-state index contributed by atoms with van der Waals surface area (Å²) in [6, 6.07) is 3.14. The third-order valence-electron chi connectivity index (χ3n) is 2.16. The average molecular weight is 274 g/mol. The monoisotopic (exact) mass is 274 g/mol. The van der Waals surface area contributed by atoms with Gasteiger partial charge in [0.15, 0.2) is 0 Å². The minimum Gasteiger partial charge on any atom is -0.328 e. The fourth-order valence-electron chi connectivity index (χ4n) is 1.21. The standard InChI is InChI=1S/C12H16F2N2OS/c1-8(15)4-5-18-7-12(17)16-11-3-2-9(13)6-10(11)14/h2-3,6,8H,4-5,7,15H2,1H3,(H,16,17). The minimum absolute atomic E-state index is 0.00538. The molecule has 18 heavy (non-hydrogen) atoms. The lowest BCUT2D eigenvalue weighted by atomic mass is 10.3. The van der Waals surface area contributed by atoms with Crippen molar-refractivity contribution in [2.24, 2.45) is 5.73 Å². The number of carbonyl (C=O) groups is 1. The van der Waals surface area contributed by atoms with Gasteiger partial charge in [-0.2, -0.15) is 11.8 Å². The summed E-state index contributed by atoms with van der Waals surface area (Å²) >= 11 is 1.43. The van der Waals surface area contributed by atoms with E-state index in [9.17, 15) is 13.6 Å². The van der Waals surface area contributed by atoms with Crippen molar-refractivity contribution in [3.63, 3.8) is 0 Å². The van der Waals surface area contributed by atoms with Crippen LogP contribution in [-0.4, -0.2) is 23.5 Å². The summed E-state index contributed by atoms with van der Waals surface area (Å²) in [7, 11) is 0. The van der Waals surface area contributed by atoms with Crippen molar-refractivity contribution in [1.29, 1.82) is 0 Å². The minimum atomic E-state index is -0.774. The number of nitrogens with one attached hydrogen (secondary N) is 1. The van der Waals surface area contributed by atoms with Gasteiger partial charge in [0.2, 0.25) is 5.91 Å². The van der Waals surface area contributed by atoms with Gasteiger partial charge in [0.25, 0.3) is 0 Å². The average Bonchev–Trinajstić information content (AvgIpc) is 2.28. The molecule has 0 aliphatic rings. The van der Waals surface area contributed by atoms with Gasteiger partial charge in [0.05, 0.1) is 11.4 Å². The maximum absolute atomic E-state index is 13.2. The molecule has 0 spiro atoms. The Morgan fingerprint density at radius 2 is 2.22 bits per heavy atom. The first kappa shape index (κ1) is 14.9. The second kappa shape index (κ2) is 7.33. The molecule has 1 aromatic carbocycles. The zero-order valence-corrected chi connectivity index (χ0v) is 10.9. The fourth-order valence-corrected chi connectivity index (χ4v) is 2.15. The van der Waals surface area contributed by atoms with Gasteiger partial charge in [-0.05, 0) is 31.2 Å². The Balaban J connectivity index is 2.35. The summed E-state index contributed by atoms with van der Waals surface area (Å²) < 4.78 is 25.9. The van der Waals surface area contributed by atoms with Crippen molar-refractivity contribution in [2.75, 3.05) is 16.8 Å². The van der Waals surface area contributed by atoms with Crippen molar-refractivity contribution in [2.45, 2.75) is 19.4 Å². The van der Waals surface area contributed by atoms with Crippen LogP contribution in [0.5, 0.6) is 0 Å². The Labute approximate surface area is 109 Å². The van der Waals surface area contributed by atoms with Crippen LogP contribution in [-0.2, 0) is 4.79 Å². The van der Waals surface area contributed by atoms with Crippen molar-refractivity contribution in [3.05, 3.63) is 29.8 Å². The maximum Gasteiger partial charge on any atom is 0.234 e. The largest absolute Gasteiger partial charge is 0.328 e. The highest BCUT2D eigenvalue weighted by Gasteiger charge is 2.08. The van der Waals surface area contributed by atoms with Crippen molar-refractivity contribution in [1.82, 2.24) is 0 Å². The second-order valence-corrected chi connectivity index (χ2v) is 5.10. The van der Waals surface area contributed by atoms with E-state index in [1.165, 1.54) is 17.8 Å². The number of amides is 1. The number of hydrogen-bond acceptors (Lipinski definition) is 3. The van der Waals surface area contributed by atoms with Crippen LogP contribution in [0.3, 0.4) is 0 Å². The molecule has 3 N–H and O–H groups in total. The van der Waals surface area contributed by atoms with Crippen LogP contribution in [0.15, 0.2) is 18.2 Å². The van der Waals surface area contributed by atoms with Crippen molar-refractivity contribution >= 4 is 23.4 Å². The van der Waals surface area contributed by atoms with Gasteiger partial charge in [-0.15, -0.1) is 0 Å². The molecule has 0 saturated heterocycles. The van der Waals surface area contributed by atoms with Gasteiger partial charge in [-0.25, -0.2) is 8.78 Å². The number of rotatable bonds is 6. The van der Waals surface area contributed by atoms with E-state index in [0.29, 0.717) is 0 Å². The molecule has 0 heterocycles. The van der Waals surface area contributed by atoms with E-state index in [1.54, 1.807) is 0 Å². The highest BCUT2D eigenvalue weighted by Crippen LogP contribution is 2.15. The zero-order valence-electron chi connectivity index (χ0n) is 10.1. The molecule has 6 heteroatoms. The highest BCUT2D eigenvalue weighted by molar-refractivity contribution is 7.99. The van der Waals surface area contributed by atoms with E-state index in [1.807, 2.05) is 6.92 Å². The van der Waals surface area contributed by atoms with Gasteiger partial charge in [0.1, 0.15) is 11.6 Å². The van der Waals surface area contributed by atoms with Gasteiger partial charge < -0.3 is 11.1 Å². The molecular weight excluding hydrogens is 258 g/mol. The van der Waals surface area contributed by atoms with E-state index in [4.69, 9.17) is 5.73 Å². The lowest BCUT2D eigenvalue weighted by Gasteiger charge is -2.07. The number of halogens is 2. The first-order valence-electron chi connectivity index (χ1n) is 5.57. The molecule has 0 saturated carbocycles. The Morgan fingerprint density at radius 1 is 1.50 bits per heavy atom. The van der Waals surface area contributed by atoms with E-state index in [2.05, 4.69) is 5.32 Å². The third kappa shape index (κ3) is 5.46. The quantitative estimate of drug-likeness (QED) is 0.783. The van der Waals surface area contributed by atoms with Gasteiger partial charge in [-0.1, -0.05) is 0 Å². The van der Waals surface area contributed by atoms with E-state index >= 15 is 0 Å². The predicted molar refractivity (Wildman–Crippen MR) is 70.6 cm³/mol. The first-order valence-corrected chi connectivity index (χ1v) is 6.72. The molecular formula is C12H16F2N2OS. The molecule has 0 aliphatic carbocycles. The Kier molecular flexibility index (Phi) is 6.07. The third-order valence-corrected chi connectivity index (χ3v) is 3.15. The van der Waals surface area contributed by atoms with Gasteiger partial charge in [0, 0.05) is 12.1 Å². The zero-order chi connectivity index (χ0) is 13.5. The molecule has 1 amide bonds. The van der Waals surface area contributed by atoms with Crippen molar-refractivity contribution in [3.8, 4) is 0 Å². The summed E-state index contributed by atoms with van der Waals surface area (Å²) in [5.41, 5.74) is 5.56. The molecule has 1 unspecified atom stereocenters. The van der Waals surface area contributed by atoms with Crippen LogP contribution < -0.4 is 11.1 Å². The molecule has 1 rings (SSSR count). The lowest BCUT2D eigenvalue weighted by Crippen LogP contribution is -2.18. The molecule has 3 nitrogen and oxygen atoms in total. The Morgan fingerprint density at radius 3 is 2.83 bits per heavy atom. The van der Waals surface area contributed by atoms with Gasteiger partial charge >= 0.3 is 0 Å². The molecule has 0 aromatic heterocycles. The van der Waals surface area contributed by atoms with Crippen molar-refractivity contribution < 1.29 is 13.6 Å². The summed E-state index contributed by atoms with van der Waals surface area (Å²) in [6.07, 6.45) is 0.822. The topological polar surface area (TPSA) is 55.1 Å². The molecule has 0 bridgehead atoms. The summed E-state index contributed by atoms with van der Waals surface area (Å²) in [4.78, 5) is 11.5. The van der Waals surface area contributed by atoms with Crippen LogP contribution in [0.25, 0.3) is 0 Å². The van der Waals surface area contributed by atoms with Crippen LogP contribution in [0.1, 0.15) is 13.3 Å². The highest BCUT2D eigenvalue weighted by atomic mass is 32.2. The van der Waals surface area contributed by atoms with Crippen LogP contribution in [0.2, 0.25) is 0 Å². The molecule has 0 radical (unpaired) electrons. The van der Waals surface area contributed by atoms with E-state index in [0.717, 1.165) is 24.3 Å². The number of thioether (sulfide) groups is 1. The molecule has 0 aliphatic heterocycles. The molecule has 1 aromatic rings. The number of carbonyl (C=O) groups excluding carboxylic acids is 1. The number of hydrogen-bond donors (Lipinski definition) is 2. The first-order chi connectivity index (χ1) is 8.49. The van der Waals surface area contributed by atoms with E-state index < -0.39 is 11.6 Å². The number of anilines is 1. The van der Waals surface area contributed by atoms with Crippen LogP contribution in [0.4, 0.5) is 14.5 Å². The predicted octanol–water partition coefficient (Wildman–Crippen LogP) is 2.37. The Hall–Kier alpha value is -1.14.